The van der Waals surface area contributed by atoms with Crippen molar-refractivity contribution in [3.63, 3.8) is 0 Å². The standard InChI is InChI=1S/2C27H33NO2.Zr/c2*1-16-12-18(24(29)20(14-16)26(3,4)5)22-10-9-11-23(28-22)19-13-17(2)15-21(25(19)30)27(6,7)8;/h2*9-15,29-30H,1-8H3;/q;;+4/p-4. The Bertz CT molecular complexity index is 2210. The van der Waals surface area contributed by atoms with Gasteiger partial charge in [0.25, 0.3) is 0 Å². The molecule has 7 heteroatoms. The van der Waals surface area contributed by atoms with Crippen molar-refractivity contribution in [1.29, 1.82) is 0 Å². The van der Waals surface area contributed by atoms with Crippen LogP contribution in [0.25, 0.3) is 45.0 Å². The van der Waals surface area contributed by atoms with Gasteiger partial charge in [-0.05, 0) is 118 Å². The van der Waals surface area contributed by atoms with Crippen LogP contribution < -0.4 is 20.4 Å². The second-order valence-electron chi connectivity index (χ2n) is 20.6. The van der Waals surface area contributed by atoms with Crippen LogP contribution in [-0.4, -0.2) is 9.97 Å². The van der Waals surface area contributed by atoms with Gasteiger partial charge in [0, 0.05) is 0 Å². The Hall–Kier alpha value is -4.74. The van der Waals surface area contributed by atoms with Crippen molar-refractivity contribution in [2.24, 2.45) is 0 Å². The normalized spacial score (nSPS) is 12.1. The third-order valence-electron chi connectivity index (χ3n) is 10.8. The molecule has 316 valence electrons. The van der Waals surface area contributed by atoms with E-state index in [2.05, 4.69) is 0 Å². The summed E-state index contributed by atoms with van der Waals surface area (Å²) < 4.78 is 0. The summed E-state index contributed by atoms with van der Waals surface area (Å²) in [4.78, 5) is 9.53. The minimum absolute atomic E-state index is 0. The number of rotatable bonds is 4. The van der Waals surface area contributed by atoms with Crippen LogP contribution in [0.2, 0.25) is 0 Å². The van der Waals surface area contributed by atoms with E-state index in [1.54, 1.807) is 0 Å². The van der Waals surface area contributed by atoms with Gasteiger partial charge < -0.3 is 20.4 Å². The van der Waals surface area contributed by atoms with Gasteiger partial charge in [-0.2, -0.15) is 0 Å². The van der Waals surface area contributed by atoms with Crippen LogP contribution in [0.4, 0.5) is 0 Å². The van der Waals surface area contributed by atoms with Crippen LogP contribution in [0.5, 0.6) is 23.0 Å². The van der Waals surface area contributed by atoms with Gasteiger partial charge >= 0.3 is 26.2 Å². The molecular weight excluding hydrogens is 832 g/mol. The number of aromatic nitrogens is 2. The van der Waals surface area contributed by atoms with Gasteiger partial charge in [-0.1, -0.05) is 189 Å². The van der Waals surface area contributed by atoms with Crippen LogP contribution >= 0.6 is 0 Å². The van der Waals surface area contributed by atoms with Crippen LogP contribution in [-0.2, 0) is 47.9 Å². The van der Waals surface area contributed by atoms with E-state index in [0.717, 1.165) is 44.5 Å². The number of nitrogens with zero attached hydrogens (tertiary/aromatic N) is 2. The SMILES string of the molecule is Cc1cc(-c2cccc(-c3cc(C)cc(C(C)(C)C)c3[O-])n2)c([O-])c(C(C)(C)C)c1.Cc1cc(-c2cccc(-c3cc(C)cc(C(C)(C)C)c3[O-])n2)c([O-])c(C(C)(C)C)c1.[Zr+4]. The number of hydrogen-bond acceptors (Lipinski definition) is 6. The average Bonchev–Trinajstić information content (AvgIpc) is 3.13. The summed E-state index contributed by atoms with van der Waals surface area (Å²) in [6.07, 6.45) is 0. The van der Waals surface area contributed by atoms with E-state index in [1.807, 2.05) is 196 Å². The molecule has 0 spiro atoms. The number of hydrogen-bond donors (Lipinski definition) is 0. The predicted octanol–water partition coefficient (Wildman–Crippen LogP) is 11.5. The quantitative estimate of drug-likeness (QED) is 0.174. The summed E-state index contributed by atoms with van der Waals surface area (Å²) in [6, 6.07) is 26.5. The van der Waals surface area contributed by atoms with E-state index < -0.39 is 0 Å². The van der Waals surface area contributed by atoms with Gasteiger partial charge in [0.15, 0.2) is 0 Å². The maximum absolute atomic E-state index is 13.2. The summed E-state index contributed by atoms with van der Waals surface area (Å²) in [7, 11) is 0. The Morgan fingerprint density at radius 3 is 0.672 bits per heavy atom. The third-order valence-corrected chi connectivity index (χ3v) is 10.8. The number of benzene rings is 4. The molecule has 0 saturated heterocycles. The van der Waals surface area contributed by atoms with Crippen molar-refractivity contribution in [3.05, 3.63) is 129 Å². The van der Waals surface area contributed by atoms with Crippen molar-refractivity contribution in [2.75, 3.05) is 0 Å². The zero-order valence-corrected chi connectivity index (χ0v) is 41.6. The first kappa shape index (κ1) is 48.9. The summed E-state index contributed by atoms with van der Waals surface area (Å²) in [5, 5.41) is 52.9. The molecule has 0 aliphatic heterocycles. The van der Waals surface area contributed by atoms with Crippen molar-refractivity contribution >= 4 is 0 Å². The molecule has 6 aromatic rings. The van der Waals surface area contributed by atoms with Gasteiger partial charge in [0.05, 0.1) is 22.8 Å². The molecule has 0 N–H and O–H groups in total. The molecule has 6 rings (SSSR count). The Morgan fingerprint density at radius 1 is 0.328 bits per heavy atom. The topological polar surface area (TPSA) is 118 Å². The van der Waals surface area contributed by atoms with Crippen molar-refractivity contribution < 1.29 is 46.6 Å². The summed E-state index contributed by atoms with van der Waals surface area (Å²) in [6.45, 7) is 32.5. The molecule has 0 aliphatic carbocycles. The van der Waals surface area contributed by atoms with Crippen LogP contribution in [0.3, 0.4) is 0 Å². The van der Waals surface area contributed by atoms with Crippen LogP contribution in [0.15, 0.2) is 84.9 Å². The second kappa shape index (κ2) is 17.9. The molecule has 0 atom stereocenters. The molecule has 6 nitrogen and oxygen atoms in total. The smallest absolute Gasteiger partial charge is 0.872 e. The molecular formula is C54H62N2O4Zr. The Balaban J connectivity index is 0.000000264. The molecule has 0 amide bonds. The minimum atomic E-state index is -0.254. The third kappa shape index (κ3) is 11.0. The monoisotopic (exact) mass is 892 g/mol. The fraction of sp³-hybridized carbons (Fsp3) is 0.370. The Kier molecular flexibility index (Phi) is 14.4. The fourth-order valence-electron chi connectivity index (χ4n) is 7.55. The molecule has 61 heavy (non-hydrogen) atoms. The molecule has 0 saturated carbocycles. The Labute approximate surface area is 384 Å². The van der Waals surface area contributed by atoms with E-state index in [4.69, 9.17) is 9.97 Å². The van der Waals surface area contributed by atoms with Crippen molar-refractivity contribution in [2.45, 2.75) is 132 Å². The molecule has 0 unspecified atom stereocenters. The minimum Gasteiger partial charge on any atom is -0.872 e. The molecule has 4 aromatic carbocycles. The first-order valence-electron chi connectivity index (χ1n) is 20.8. The maximum Gasteiger partial charge on any atom is 4.00 e. The molecule has 0 aliphatic rings. The van der Waals surface area contributed by atoms with Gasteiger partial charge in [-0.3, -0.25) is 0 Å². The largest absolute Gasteiger partial charge is 4.00 e. The van der Waals surface area contributed by atoms with Crippen molar-refractivity contribution in [3.8, 4) is 68.0 Å². The van der Waals surface area contributed by atoms with E-state index in [9.17, 15) is 20.4 Å². The average molecular weight is 894 g/mol. The summed E-state index contributed by atoms with van der Waals surface area (Å²) >= 11 is 0. The van der Waals surface area contributed by atoms with E-state index in [0.29, 0.717) is 45.0 Å². The molecule has 0 fully saturated rings. The summed E-state index contributed by atoms with van der Waals surface area (Å²) in [5.41, 5.74) is 10.9. The number of pyridine rings is 2. The summed E-state index contributed by atoms with van der Waals surface area (Å²) in [5.74, 6) is -0.00104. The second-order valence-corrected chi connectivity index (χ2v) is 20.6. The molecule has 2 heterocycles. The zero-order chi connectivity index (χ0) is 44.9. The van der Waals surface area contributed by atoms with Crippen molar-refractivity contribution in [1.82, 2.24) is 9.97 Å². The zero-order valence-electron chi connectivity index (χ0n) is 39.1. The predicted molar refractivity (Wildman–Crippen MR) is 242 cm³/mol. The fourth-order valence-corrected chi connectivity index (χ4v) is 7.55. The van der Waals surface area contributed by atoms with Crippen LogP contribution in [0.1, 0.15) is 128 Å². The van der Waals surface area contributed by atoms with Gasteiger partial charge in [0.1, 0.15) is 0 Å². The van der Waals surface area contributed by atoms with E-state index in [-0.39, 0.29) is 70.9 Å². The maximum atomic E-state index is 13.2. The molecule has 2 aromatic heterocycles. The van der Waals surface area contributed by atoms with E-state index in [1.165, 1.54) is 0 Å². The number of aryl methyl sites for hydroxylation is 4. The Morgan fingerprint density at radius 2 is 0.508 bits per heavy atom. The van der Waals surface area contributed by atoms with Crippen LogP contribution in [0, 0.1) is 27.7 Å². The van der Waals surface area contributed by atoms with Gasteiger partial charge in [-0.15, -0.1) is 0 Å². The van der Waals surface area contributed by atoms with E-state index >= 15 is 0 Å². The first-order valence-corrected chi connectivity index (χ1v) is 20.8. The van der Waals surface area contributed by atoms with Gasteiger partial charge in [-0.25, -0.2) is 9.97 Å². The molecule has 0 radical (unpaired) electrons. The first-order chi connectivity index (χ1) is 27.6. The molecule has 0 bridgehead atoms. The van der Waals surface area contributed by atoms with Gasteiger partial charge in [0.2, 0.25) is 0 Å².